The molecule has 8 heteroatoms. The lowest BCUT2D eigenvalue weighted by molar-refractivity contribution is -0.160. The van der Waals surface area contributed by atoms with Crippen molar-refractivity contribution in [2.45, 2.75) is 123 Å². The molecular weight excluding hydrogens is 512 g/mol. The van der Waals surface area contributed by atoms with Crippen LogP contribution in [0.5, 0.6) is 0 Å². The Hall–Kier alpha value is -2.00. The van der Waals surface area contributed by atoms with E-state index in [0.29, 0.717) is 24.7 Å². The summed E-state index contributed by atoms with van der Waals surface area (Å²) in [4.78, 5) is 24.6. The van der Waals surface area contributed by atoms with E-state index in [0.717, 1.165) is 18.4 Å². The molecule has 0 aliphatic carbocycles. The van der Waals surface area contributed by atoms with Crippen molar-refractivity contribution in [3.8, 4) is 0 Å². The minimum Gasteiger partial charge on any atom is -0.457 e. The van der Waals surface area contributed by atoms with Gasteiger partial charge in [0.2, 0.25) is 0 Å². The van der Waals surface area contributed by atoms with E-state index in [1.165, 1.54) is 6.92 Å². The first-order valence-electron chi connectivity index (χ1n) is 14.7. The Morgan fingerprint density at radius 3 is 2.55 bits per heavy atom. The number of hydrogen-bond donors (Lipinski definition) is 1. The monoisotopic (exact) mass is 564 g/mol. The van der Waals surface area contributed by atoms with Gasteiger partial charge in [-0.05, 0) is 57.1 Å². The molecule has 40 heavy (non-hydrogen) atoms. The summed E-state index contributed by atoms with van der Waals surface area (Å²) in [5, 5.41) is 10.5. The van der Waals surface area contributed by atoms with Crippen LogP contribution in [0.25, 0.3) is 0 Å². The molecule has 0 saturated carbocycles. The topological polar surface area (TPSA) is 104 Å². The third kappa shape index (κ3) is 10.1. The molecule has 1 saturated heterocycles. The van der Waals surface area contributed by atoms with Gasteiger partial charge < -0.3 is 28.8 Å². The number of hydrogen-bond acceptors (Lipinski definition) is 8. The van der Waals surface area contributed by atoms with Crippen LogP contribution < -0.4 is 0 Å². The van der Waals surface area contributed by atoms with E-state index in [4.69, 9.17) is 23.7 Å². The van der Waals surface area contributed by atoms with Crippen LogP contribution in [0.4, 0.5) is 0 Å². The molecule has 0 radical (unpaired) electrons. The van der Waals surface area contributed by atoms with Gasteiger partial charge in [-0.3, -0.25) is 9.59 Å². The Kier molecular flexibility index (Phi) is 13.6. The van der Waals surface area contributed by atoms with E-state index in [2.05, 4.69) is 26.8 Å². The molecule has 0 aromatic rings. The molecule has 1 N–H and O–H groups in total. The number of esters is 2. The number of carbonyl (C=O) groups excluding carboxylic acids is 2. The van der Waals surface area contributed by atoms with Crippen molar-refractivity contribution in [1.82, 2.24) is 0 Å². The Bertz CT molecular complexity index is 907. The zero-order valence-electron chi connectivity index (χ0n) is 25.9. The summed E-state index contributed by atoms with van der Waals surface area (Å²) >= 11 is 0. The van der Waals surface area contributed by atoms with E-state index in [9.17, 15) is 14.7 Å². The molecule has 2 heterocycles. The molecule has 10 unspecified atom stereocenters. The number of ether oxygens (including phenoxy) is 5. The number of aliphatic hydroxyl groups is 1. The maximum Gasteiger partial charge on any atom is 0.309 e. The van der Waals surface area contributed by atoms with Crippen molar-refractivity contribution in [1.29, 1.82) is 0 Å². The smallest absolute Gasteiger partial charge is 0.309 e. The summed E-state index contributed by atoms with van der Waals surface area (Å²) in [5.41, 5.74) is 0.0213. The minimum atomic E-state index is -0.892. The van der Waals surface area contributed by atoms with E-state index < -0.39 is 35.9 Å². The van der Waals surface area contributed by atoms with Gasteiger partial charge in [-0.15, -0.1) is 0 Å². The fourth-order valence-corrected chi connectivity index (χ4v) is 5.55. The van der Waals surface area contributed by atoms with Crippen LogP contribution in [0.2, 0.25) is 0 Å². The summed E-state index contributed by atoms with van der Waals surface area (Å²) in [6.45, 7) is 13.6. The Morgan fingerprint density at radius 1 is 1.25 bits per heavy atom. The number of allylic oxidation sites excluding steroid dienone is 3. The number of cyclic esters (lactones) is 1. The highest BCUT2D eigenvalue weighted by Crippen LogP contribution is 2.37. The summed E-state index contributed by atoms with van der Waals surface area (Å²) in [6, 6.07) is 0. The SMILES string of the molecule is CCC(OC)C(C)C1OC1CC(C)/C=C/C=C(\C)C1OC(=O)CC(O)CCC(C)(OC)C(OC(C)=O)/C=C\C1C. The largest absolute Gasteiger partial charge is 0.457 e. The zero-order valence-corrected chi connectivity index (χ0v) is 25.9. The van der Waals surface area contributed by atoms with E-state index in [-0.39, 0.29) is 30.7 Å². The maximum atomic E-state index is 12.7. The molecule has 2 aliphatic heterocycles. The van der Waals surface area contributed by atoms with Crippen molar-refractivity contribution in [2.75, 3.05) is 14.2 Å². The normalized spacial score (nSPS) is 35.1. The Morgan fingerprint density at radius 2 is 1.95 bits per heavy atom. The molecule has 8 nitrogen and oxygen atoms in total. The summed E-state index contributed by atoms with van der Waals surface area (Å²) in [5.74, 6) is -0.402. The van der Waals surface area contributed by atoms with Gasteiger partial charge in [-0.2, -0.15) is 0 Å². The van der Waals surface area contributed by atoms with Gasteiger partial charge >= 0.3 is 11.9 Å². The molecular formula is C32H52O8. The van der Waals surface area contributed by atoms with Gasteiger partial charge in [-0.1, -0.05) is 52.0 Å². The minimum absolute atomic E-state index is 0.117. The standard InChI is InChI=1S/C32H52O8/c1-10-26(36-8)23(5)31-27(39-31)18-20(2)12-11-13-21(3)30-22(4)14-15-28(38-24(6)33)32(7,37-9)17-16-25(34)19-29(35)40-30/h11-15,20,22-23,25-28,30-31,34H,10,16-19H2,1-9H3/b12-11+,15-14-,21-13+. The van der Waals surface area contributed by atoms with Crippen molar-refractivity contribution < 1.29 is 38.4 Å². The van der Waals surface area contributed by atoms with Crippen LogP contribution in [0.15, 0.2) is 36.0 Å². The zero-order chi connectivity index (χ0) is 30.0. The van der Waals surface area contributed by atoms with Crippen LogP contribution in [0, 0.1) is 17.8 Å². The fourth-order valence-electron chi connectivity index (χ4n) is 5.55. The lowest BCUT2D eigenvalue weighted by atomic mass is 9.88. The predicted molar refractivity (Wildman–Crippen MR) is 155 cm³/mol. The Labute approximate surface area is 241 Å². The average Bonchev–Trinajstić information content (AvgIpc) is 3.66. The molecule has 0 spiro atoms. The fraction of sp³-hybridized carbons (Fsp3) is 0.750. The third-order valence-corrected chi connectivity index (χ3v) is 8.35. The molecule has 0 amide bonds. The molecule has 228 valence electrons. The van der Waals surface area contributed by atoms with Crippen LogP contribution >= 0.6 is 0 Å². The first-order chi connectivity index (χ1) is 18.8. The molecule has 0 aromatic heterocycles. The van der Waals surface area contributed by atoms with E-state index >= 15 is 0 Å². The predicted octanol–water partition coefficient (Wildman–Crippen LogP) is 5.33. The highest BCUT2D eigenvalue weighted by atomic mass is 16.6. The summed E-state index contributed by atoms with van der Waals surface area (Å²) < 4.78 is 28.7. The highest BCUT2D eigenvalue weighted by Gasteiger charge is 2.45. The van der Waals surface area contributed by atoms with Gasteiger partial charge in [-0.25, -0.2) is 0 Å². The molecule has 2 rings (SSSR count). The van der Waals surface area contributed by atoms with Crippen LogP contribution in [0.3, 0.4) is 0 Å². The lowest BCUT2D eigenvalue weighted by Crippen LogP contribution is -2.44. The number of methoxy groups -OCH3 is 2. The maximum absolute atomic E-state index is 12.7. The van der Waals surface area contributed by atoms with Gasteiger partial charge in [0.15, 0.2) is 0 Å². The van der Waals surface area contributed by atoms with Gasteiger partial charge in [0.05, 0.1) is 30.8 Å². The van der Waals surface area contributed by atoms with Crippen molar-refractivity contribution in [2.24, 2.45) is 17.8 Å². The first kappa shape index (κ1) is 34.2. The third-order valence-electron chi connectivity index (χ3n) is 8.35. The summed E-state index contributed by atoms with van der Waals surface area (Å²) in [7, 11) is 3.32. The number of epoxide rings is 1. The van der Waals surface area contributed by atoms with Crippen molar-refractivity contribution >= 4 is 11.9 Å². The molecule has 10 atom stereocenters. The quantitative estimate of drug-likeness (QED) is 0.155. The van der Waals surface area contributed by atoms with Gasteiger partial charge in [0.1, 0.15) is 17.8 Å². The van der Waals surface area contributed by atoms with Crippen LogP contribution in [0.1, 0.15) is 80.6 Å². The molecule has 1 fully saturated rings. The van der Waals surface area contributed by atoms with Crippen molar-refractivity contribution in [3.05, 3.63) is 36.0 Å². The van der Waals surface area contributed by atoms with Crippen LogP contribution in [-0.4, -0.2) is 73.5 Å². The van der Waals surface area contributed by atoms with Crippen LogP contribution in [-0.2, 0) is 33.3 Å². The van der Waals surface area contributed by atoms with E-state index in [1.54, 1.807) is 20.3 Å². The summed E-state index contributed by atoms with van der Waals surface area (Å²) in [6.07, 6.45) is 10.9. The van der Waals surface area contributed by atoms with E-state index in [1.807, 2.05) is 39.0 Å². The second-order valence-electron chi connectivity index (χ2n) is 11.8. The second kappa shape index (κ2) is 15.9. The van der Waals surface area contributed by atoms with Gasteiger partial charge in [0.25, 0.3) is 0 Å². The molecule has 2 aliphatic rings. The molecule has 0 aromatic carbocycles. The second-order valence-corrected chi connectivity index (χ2v) is 11.8. The number of aliphatic hydroxyl groups excluding tert-OH is 1. The van der Waals surface area contributed by atoms with Crippen molar-refractivity contribution in [3.63, 3.8) is 0 Å². The molecule has 0 bridgehead atoms. The Balaban J connectivity index is 2.14. The lowest BCUT2D eigenvalue weighted by Gasteiger charge is -2.35. The highest BCUT2D eigenvalue weighted by molar-refractivity contribution is 5.70. The average molecular weight is 565 g/mol. The first-order valence-corrected chi connectivity index (χ1v) is 14.7. The number of carbonyl (C=O) groups is 2. The van der Waals surface area contributed by atoms with Gasteiger partial charge in [0, 0.05) is 33.0 Å². The number of rotatable bonds is 11.